The second kappa shape index (κ2) is 12.8. The third-order valence-corrected chi connectivity index (χ3v) is 5.50. The monoisotopic (exact) mass is 548 g/mol. The average molecular weight is 548 g/mol. The molecule has 0 atom stereocenters. The summed E-state index contributed by atoms with van der Waals surface area (Å²) in [6, 6.07) is 8.87. The Hall–Kier alpha value is -1.92. The van der Waals surface area contributed by atoms with Crippen molar-refractivity contribution < 1.29 is 111 Å². The van der Waals surface area contributed by atoms with E-state index in [0.717, 1.165) is 0 Å². The van der Waals surface area contributed by atoms with Gasteiger partial charge in [-0.3, -0.25) is 4.79 Å². The Morgan fingerprint density at radius 3 is 1.97 bits per heavy atom. The van der Waals surface area contributed by atoms with Crippen LogP contribution in [0.15, 0.2) is 51.5 Å². The van der Waals surface area contributed by atoms with E-state index in [1.165, 1.54) is 59.0 Å². The van der Waals surface area contributed by atoms with Gasteiger partial charge in [0.1, 0.15) is 7.82 Å². The van der Waals surface area contributed by atoms with Gasteiger partial charge in [-0.15, -0.1) is 0 Å². The molecule has 11 nitrogen and oxygen atoms in total. The molecule has 0 bridgehead atoms. The number of benzene rings is 2. The summed E-state index contributed by atoms with van der Waals surface area (Å²) in [5.74, 6) is -0.192. The number of furan rings is 2. The molecule has 0 unspecified atom stereocenters. The zero-order chi connectivity index (χ0) is 25.3. The van der Waals surface area contributed by atoms with Gasteiger partial charge in [-0.25, -0.2) is 0 Å². The normalized spacial score (nSPS) is 10.8. The zero-order valence-electron chi connectivity index (χ0n) is 21.0. The molecule has 14 heteroatoms. The first-order chi connectivity index (χ1) is 16.7. The van der Waals surface area contributed by atoms with Crippen LogP contribution in [0.5, 0.6) is 28.7 Å². The molecule has 2 aromatic carbocycles. The van der Waals surface area contributed by atoms with Gasteiger partial charge in [-0.05, 0) is 36.4 Å². The summed E-state index contributed by atoms with van der Waals surface area (Å²) >= 11 is 0. The molecule has 4 aromatic rings. The molecule has 0 aliphatic carbocycles. The SMILES string of the molecule is COc1cc(C(=O)c2c(-c3ccco3)oc3c(OP(=O)([O-])[O-])c(OC)ccc23)cc(OC)c1OC.[Na+].[Na+]. The predicted octanol–water partition coefficient (Wildman–Crippen LogP) is -2.83. The number of hydrogen-bond acceptors (Lipinski definition) is 11. The van der Waals surface area contributed by atoms with Gasteiger partial charge in [0, 0.05) is 10.9 Å². The number of carbonyl (C=O) groups excluding carboxylic acids is 1. The summed E-state index contributed by atoms with van der Waals surface area (Å²) < 4.78 is 48.5. The molecule has 0 amide bonds. The van der Waals surface area contributed by atoms with Crippen LogP contribution < -0.4 is 92.4 Å². The van der Waals surface area contributed by atoms with E-state index in [9.17, 15) is 19.1 Å². The van der Waals surface area contributed by atoms with Crippen molar-refractivity contribution >= 4 is 24.6 Å². The summed E-state index contributed by atoms with van der Waals surface area (Å²) in [5.41, 5.74) is -0.0339. The maximum atomic E-state index is 13.8. The molecule has 184 valence electrons. The molecule has 0 fully saturated rings. The maximum Gasteiger partial charge on any atom is 1.00 e. The average Bonchev–Trinajstić information content (AvgIpc) is 3.50. The molecule has 0 N–H and O–H groups in total. The van der Waals surface area contributed by atoms with E-state index in [1.54, 1.807) is 12.1 Å². The van der Waals surface area contributed by atoms with E-state index in [1.807, 2.05) is 0 Å². The van der Waals surface area contributed by atoms with Crippen LogP contribution in [0.1, 0.15) is 15.9 Å². The molecule has 0 saturated carbocycles. The first-order valence-corrected chi connectivity index (χ1v) is 11.4. The Morgan fingerprint density at radius 2 is 1.49 bits per heavy atom. The molecule has 2 aromatic heterocycles. The number of rotatable bonds is 9. The van der Waals surface area contributed by atoms with Crippen LogP contribution in [-0.2, 0) is 4.57 Å². The Balaban J connectivity index is 0.00000241. The van der Waals surface area contributed by atoms with Crippen molar-refractivity contribution in [1.29, 1.82) is 0 Å². The van der Waals surface area contributed by atoms with Crippen molar-refractivity contribution in [2.45, 2.75) is 0 Å². The fraction of sp³-hybridized carbons (Fsp3) is 0.174. The quantitative estimate of drug-likeness (QED) is 0.121. The van der Waals surface area contributed by atoms with Crippen molar-refractivity contribution in [2.24, 2.45) is 0 Å². The molecule has 0 aliphatic heterocycles. The summed E-state index contributed by atoms with van der Waals surface area (Å²) in [6.07, 6.45) is 1.37. The minimum Gasteiger partial charge on any atom is -0.780 e. The standard InChI is InChI=1S/C23H21O11P.2Na/c1-28-14-8-7-13-18(19(24)12-10-16(29-2)21(31-4)17(11-12)30-3)22(15-6-5-9-32-15)33-20(13)23(14)34-35(25,26)27;;/h5-11H,1-4H3,(H2,25,26,27);;/q;2*+1/p-2. The number of ether oxygens (including phenoxy) is 4. The van der Waals surface area contributed by atoms with E-state index >= 15 is 0 Å². The van der Waals surface area contributed by atoms with Crippen molar-refractivity contribution in [2.75, 3.05) is 28.4 Å². The van der Waals surface area contributed by atoms with E-state index in [4.69, 9.17) is 27.8 Å². The van der Waals surface area contributed by atoms with E-state index < -0.39 is 19.4 Å². The molecule has 4 rings (SSSR count). The Morgan fingerprint density at radius 1 is 0.865 bits per heavy atom. The smallest absolute Gasteiger partial charge is 0.780 e. The van der Waals surface area contributed by atoms with Gasteiger partial charge in [0.05, 0.1) is 40.3 Å². The van der Waals surface area contributed by atoms with Gasteiger partial charge in [-0.2, -0.15) is 0 Å². The summed E-state index contributed by atoms with van der Waals surface area (Å²) in [4.78, 5) is 36.7. The Bertz CT molecular complexity index is 1420. The Labute approximate surface area is 255 Å². The van der Waals surface area contributed by atoms with Crippen LogP contribution in [0, 0.1) is 0 Å². The van der Waals surface area contributed by atoms with Gasteiger partial charge in [0.15, 0.2) is 40.1 Å². The van der Waals surface area contributed by atoms with Gasteiger partial charge >= 0.3 is 59.1 Å². The first-order valence-electron chi connectivity index (χ1n) is 9.96. The minimum atomic E-state index is -5.51. The molecular weight excluding hydrogens is 529 g/mol. The zero-order valence-corrected chi connectivity index (χ0v) is 25.9. The van der Waals surface area contributed by atoms with Crippen LogP contribution >= 0.6 is 7.82 Å². The van der Waals surface area contributed by atoms with Crippen LogP contribution in [0.3, 0.4) is 0 Å². The molecule has 37 heavy (non-hydrogen) atoms. The third kappa shape index (κ3) is 6.22. The van der Waals surface area contributed by atoms with Crippen LogP contribution in [0.4, 0.5) is 0 Å². The van der Waals surface area contributed by atoms with Crippen LogP contribution in [0.25, 0.3) is 22.5 Å². The third-order valence-electron chi connectivity index (χ3n) is 5.10. The molecule has 0 spiro atoms. The van der Waals surface area contributed by atoms with Crippen molar-refractivity contribution in [3.8, 4) is 40.3 Å². The van der Waals surface area contributed by atoms with Crippen molar-refractivity contribution in [3.05, 3.63) is 53.8 Å². The number of phosphoric acid groups is 1. The van der Waals surface area contributed by atoms with Crippen LogP contribution in [0.2, 0.25) is 0 Å². The largest absolute Gasteiger partial charge is 1.00 e. The van der Waals surface area contributed by atoms with Crippen LogP contribution in [-0.4, -0.2) is 34.2 Å². The molecule has 0 radical (unpaired) electrons. The maximum absolute atomic E-state index is 13.8. The second-order valence-electron chi connectivity index (χ2n) is 7.04. The number of phosphoric ester groups is 1. The predicted molar refractivity (Wildman–Crippen MR) is 118 cm³/mol. The topological polar surface area (TPSA) is 153 Å². The first kappa shape index (κ1) is 31.3. The minimum absolute atomic E-state index is 0. The summed E-state index contributed by atoms with van der Waals surface area (Å²) in [5, 5.41) is 0.152. The molecule has 0 aliphatic rings. The van der Waals surface area contributed by atoms with Crippen molar-refractivity contribution in [1.82, 2.24) is 0 Å². The van der Waals surface area contributed by atoms with Crippen molar-refractivity contribution in [3.63, 3.8) is 0 Å². The van der Waals surface area contributed by atoms with Gasteiger partial charge in [0.25, 0.3) is 0 Å². The number of fused-ring (bicyclic) bond motifs is 1. The fourth-order valence-corrected chi connectivity index (χ4v) is 4.04. The van der Waals surface area contributed by atoms with E-state index in [-0.39, 0.29) is 116 Å². The molecular formula is C23H19Na2O11P. The Kier molecular flexibility index (Phi) is 10.8. The number of hydrogen-bond donors (Lipinski definition) is 0. The second-order valence-corrected chi connectivity index (χ2v) is 8.12. The number of methoxy groups -OCH3 is 4. The van der Waals surface area contributed by atoms with Gasteiger partial charge in [-0.1, -0.05) is 0 Å². The van der Waals surface area contributed by atoms with Gasteiger partial charge in [0.2, 0.25) is 11.5 Å². The number of ketones is 1. The fourth-order valence-electron chi connectivity index (χ4n) is 3.64. The van der Waals surface area contributed by atoms with Gasteiger partial charge < -0.3 is 46.7 Å². The summed E-state index contributed by atoms with van der Waals surface area (Å²) in [7, 11) is 0.00162. The van der Waals surface area contributed by atoms with E-state index in [0.29, 0.717) is 0 Å². The summed E-state index contributed by atoms with van der Waals surface area (Å²) in [6.45, 7) is 0. The molecule has 0 saturated heterocycles. The number of carbonyl (C=O) groups is 1. The molecule has 2 heterocycles. The van der Waals surface area contributed by atoms with E-state index in [2.05, 4.69) is 4.52 Å².